The van der Waals surface area contributed by atoms with Crippen LogP contribution in [0.25, 0.3) is 0 Å². The minimum Gasteiger partial charge on any atom is -0.448 e. The monoisotopic (exact) mass is 932 g/mol. The summed E-state index contributed by atoms with van der Waals surface area (Å²) in [6, 6.07) is 2.00. The van der Waals surface area contributed by atoms with E-state index in [9.17, 15) is 0 Å². The summed E-state index contributed by atoms with van der Waals surface area (Å²) in [4.78, 5) is 23.5. The lowest BCUT2D eigenvalue weighted by atomic mass is 9.90. The Kier molecular flexibility index (Phi) is 19.5. The average Bonchev–Trinajstić information content (AvgIpc) is 3.92. The molecule has 0 saturated heterocycles. The third-order valence-corrected chi connectivity index (χ3v) is 11.8. The zero-order chi connectivity index (χ0) is 52.1. The van der Waals surface area contributed by atoms with Crippen molar-refractivity contribution in [2.45, 2.75) is 262 Å². The highest BCUT2D eigenvalue weighted by atomic mass is 32.1. The zero-order valence-electron chi connectivity index (χ0n) is 47.9. The number of nitrogens with zero attached hydrogens (tertiary/aromatic N) is 7. The summed E-state index contributed by atoms with van der Waals surface area (Å²) in [5.41, 5.74) is 4.40. The van der Waals surface area contributed by atoms with E-state index in [-0.39, 0.29) is 54.3 Å². The second kappa shape index (κ2) is 21.3. The van der Waals surface area contributed by atoms with Crippen LogP contribution >= 0.6 is 11.3 Å². The Balaban J connectivity index is 0.000000413. The lowest BCUT2D eigenvalue weighted by Gasteiger charge is -2.22. The second-order valence-corrected chi connectivity index (χ2v) is 29.0. The van der Waals surface area contributed by atoms with Crippen LogP contribution in [0.4, 0.5) is 0 Å². The third kappa shape index (κ3) is 20.3. The van der Waals surface area contributed by atoms with Crippen LogP contribution in [-0.2, 0) is 54.3 Å². The molecule has 0 aliphatic heterocycles. The summed E-state index contributed by atoms with van der Waals surface area (Å²) < 4.78 is 13.2. The number of hydrogen-bond acceptors (Lipinski definition) is 9. The van der Waals surface area contributed by atoms with Crippen LogP contribution in [0.3, 0.4) is 0 Å². The van der Waals surface area contributed by atoms with Crippen LogP contribution in [0, 0.1) is 0 Å². The number of aromatic nitrogens is 7. The van der Waals surface area contributed by atoms with Crippen molar-refractivity contribution in [1.82, 2.24) is 34.7 Å². The SMILES string of the molecule is CC(C)(C)c1ccnc(C(C)(C)C)n1.CC(C)(C)c1cnc(C(C)(C)C)o1.CC(C)(C)c1cnc(C(C)(C)C)s1.CC(C)(C)c1cnn(C(C)(C)C)c1.CC(C)(C)c1coc(C(C)(C)C)n1. The summed E-state index contributed by atoms with van der Waals surface area (Å²) in [7, 11) is 0. The Morgan fingerprint density at radius 3 is 1.24 bits per heavy atom. The van der Waals surface area contributed by atoms with Crippen LogP contribution in [0.15, 0.2) is 52.1 Å². The molecule has 0 aliphatic rings. The Labute approximate surface area is 408 Å². The normalized spacial score (nSPS) is 13.3. The third-order valence-electron chi connectivity index (χ3n) is 9.92. The summed E-state index contributed by atoms with van der Waals surface area (Å²) in [6.45, 7) is 64.7. The van der Waals surface area contributed by atoms with Gasteiger partial charge in [-0.1, -0.05) is 187 Å². The Morgan fingerprint density at radius 2 is 0.970 bits per heavy atom. The van der Waals surface area contributed by atoms with Gasteiger partial charge in [-0.05, 0) is 43.2 Å². The molecule has 5 aromatic heterocycles. The predicted molar refractivity (Wildman–Crippen MR) is 283 cm³/mol. The molecule has 0 radical (unpaired) electrons. The van der Waals surface area contributed by atoms with Gasteiger partial charge in [0.25, 0.3) is 0 Å². The van der Waals surface area contributed by atoms with E-state index in [2.05, 4.69) is 244 Å². The molecule has 66 heavy (non-hydrogen) atoms. The largest absolute Gasteiger partial charge is 0.448 e. The van der Waals surface area contributed by atoms with Crippen molar-refractivity contribution >= 4 is 11.3 Å². The summed E-state index contributed by atoms with van der Waals surface area (Å²) in [5, 5.41) is 5.60. The first kappa shape index (κ1) is 60.4. The van der Waals surface area contributed by atoms with Gasteiger partial charge < -0.3 is 8.83 Å². The fourth-order valence-electron chi connectivity index (χ4n) is 5.11. The molecule has 0 aliphatic carbocycles. The average molecular weight is 933 g/mol. The Hall–Kier alpha value is -3.66. The van der Waals surface area contributed by atoms with Gasteiger partial charge in [0.2, 0.25) is 0 Å². The van der Waals surface area contributed by atoms with Crippen molar-refractivity contribution in [3.8, 4) is 0 Å². The van der Waals surface area contributed by atoms with Gasteiger partial charge in [0.15, 0.2) is 11.8 Å². The highest BCUT2D eigenvalue weighted by molar-refractivity contribution is 7.11. The topological polar surface area (TPSA) is 109 Å². The van der Waals surface area contributed by atoms with Crippen LogP contribution in [0.2, 0.25) is 0 Å². The van der Waals surface area contributed by atoms with Gasteiger partial charge in [-0.2, -0.15) is 5.10 Å². The minimum absolute atomic E-state index is 0.00347. The van der Waals surface area contributed by atoms with Crippen LogP contribution in [0.5, 0.6) is 0 Å². The molecule has 0 unspecified atom stereocenters. The number of rotatable bonds is 0. The fourth-order valence-corrected chi connectivity index (χ4v) is 6.14. The molecule has 0 atom stereocenters. The minimum atomic E-state index is 0.00347. The summed E-state index contributed by atoms with van der Waals surface area (Å²) in [6.07, 6.45) is 11.6. The molecule has 5 heterocycles. The van der Waals surface area contributed by atoms with E-state index >= 15 is 0 Å². The van der Waals surface area contributed by atoms with Gasteiger partial charge in [-0.3, -0.25) is 4.68 Å². The van der Waals surface area contributed by atoms with Gasteiger partial charge in [0, 0.05) is 67.1 Å². The second-order valence-electron chi connectivity index (χ2n) is 28.0. The van der Waals surface area contributed by atoms with E-state index in [0.717, 1.165) is 34.8 Å². The molecule has 0 amide bonds. The maximum absolute atomic E-state index is 5.70. The maximum Gasteiger partial charge on any atom is 0.199 e. The molecule has 10 heteroatoms. The fraction of sp³-hybridized carbons (Fsp3) is 0.714. The van der Waals surface area contributed by atoms with Crippen LogP contribution in [0.1, 0.15) is 258 Å². The van der Waals surface area contributed by atoms with Crippen molar-refractivity contribution in [2.75, 3.05) is 0 Å². The Bertz CT molecular complexity index is 1800. The molecule has 5 aromatic rings. The van der Waals surface area contributed by atoms with E-state index in [1.165, 1.54) is 15.4 Å². The molecule has 0 aromatic carbocycles. The molecule has 0 N–H and O–H groups in total. The molecular weight excluding hydrogens is 835 g/mol. The maximum atomic E-state index is 5.70. The first-order valence-corrected chi connectivity index (χ1v) is 24.7. The molecule has 0 spiro atoms. The molecule has 9 nitrogen and oxygen atoms in total. The van der Waals surface area contributed by atoms with E-state index in [4.69, 9.17) is 8.83 Å². The molecule has 0 saturated carbocycles. The molecule has 0 fully saturated rings. The van der Waals surface area contributed by atoms with E-state index in [1.54, 1.807) is 6.26 Å². The van der Waals surface area contributed by atoms with Crippen molar-refractivity contribution in [3.63, 3.8) is 0 Å². The molecule has 5 rings (SSSR count). The number of hydrogen-bond donors (Lipinski definition) is 0. The van der Waals surface area contributed by atoms with E-state index in [1.807, 2.05) is 46.9 Å². The predicted octanol–water partition coefficient (Wildman–Crippen LogP) is 16.3. The number of oxazole rings is 2. The van der Waals surface area contributed by atoms with Gasteiger partial charge in [0.1, 0.15) is 17.8 Å². The van der Waals surface area contributed by atoms with E-state index < -0.39 is 0 Å². The van der Waals surface area contributed by atoms with Crippen molar-refractivity contribution in [1.29, 1.82) is 0 Å². The molecule has 374 valence electrons. The quantitative estimate of drug-likeness (QED) is 0.151. The van der Waals surface area contributed by atoms with Gasteiger partial charge in [-0.15, -0.1) is 11.3 Å². The van der Waals surface area contributed by atoms with Crippen molar-refractivity contribution in [2.24, 2.45) is 0 Å². The molecular formula is C56H97N7O2S. The van der Waals surface area contributed by atoms with E-state index in [0.29, 0.717) is 0 Å². The highest BCUT2D eigenvalue weighted by Gasteiger charge is 2.27. The molecule has 0 bridgehead atoms. The van der Waals surface area contributed by atoms with Gasteiger partial charge in [-0.25, -0.2) is 24.9 Å². The standard InChI is InChI=1S/C12H20N2.C11H20N2.2C11H19NO.C11H19NS/c1-11(2,3)9-7-8-13-10(14-9)12(4,5)6;1-10(2,3)9-7-12-13(8-9)11(4,5)6;1-10(2,3)8-7-13-9(12-8)11(4,5)6;2*1-10(2,3)8-7-12-9(13-8)11(4,5)6/h7-8H,1-6H3;7-8H,1-6H3;3*7H,1-6H3. The Morgan fingerprint density at radius 1 is 0.455 bits per heavy atom. The van der Waals surface area contributed by atoms with Crippen LogP contribution in [-0.4, -0.2) is 34.7 Å². The summed E-state index contributed by atoms with van der Waals surface area (Å²) >= 11 is 1.84. The zero-order valence-corrected chi connectivity index (χ0v) is 48.7. The van der Waals surface area contributed by atoms with Gasteiger partial charge >= 0.3 is 0 Å². The first-order valence-electron chi connectivity index (χ1n) is 23.9. The van der Waals surface area contributed by atoms with Crippen LogP contribution < -0.4 is 0 Å². The first-order chi connectivity index (χ1) is 29.1. The number of thiazole rings is 1. The van der Waals surface area contributed by atoms with Crippen molar-refractivity contribution in [3.05, 3.63) is 93.5 Å². The summed E-state index contributed by atoms with van der Waals surface area (Å²) in [5.74, 6) is 3.51. The van der Waals surface area contributed by atoms with Gasteiger partial charge in [0.05, 0.1) is 28.6 Å². The lowest BCUT2D eigenvalue weighted by Crippen LogP contribution is -2.22. The highest BCUT2D eigenvalue weighted by Crippen LogP contribution is 2.34. The smallest absolute Gasteiger partial charge is 0.199 e. The lowest BCUT2D eigenvalue weighted by molar-refractivity contribution is 0.335. The van der Waals surface area contributed by atoms with Crippen molar-refractivity contribution < 1.29 is 8.83 Å².